The minimum atomic E-state index is -1.11. The summed E-state index contributed by atoms with van der Waals surface area (Å²) in [6.45, 7) is 2.12. The molecule has 12 nitrogen and oxygen atoms in total. The van der Waals surface area contributed by atoms with E-state index in [1.807, 2.05) is 13.2 Å². The van der Waals surface area contributed by atoms with Gasteiger partial charge in [-0.1, -0.05) is 24.2 Å². The molecule has 0 aliphatic heterocycles. The van der Waals surface area contributed by atoms with Gasteiger partial charge in [0.2, 0.25) is 17.8 Å². The molecule has 12 heteroatoms. The Labute approximate surface area is 227 Å². The van der Waals surface area contributed by atoms with Gasteiger partial charge in [0.25, 0.3) is 0 Å². The van der Waals surface area contributed by atoms with Crippen molar-refractivity contribution in [1.82, 2.24) is 25.5 Å². The highest BCUT2D eigenvalue weighted by Crippen LogP contribution is 2.32. The average Bonchev–Trinajstić information content (AvgIpc) is 3.33. The fourth-order valence-corrected chi connectivity index (χ4v) is 4.88. The molecule has 0 bridgehead atoms. The van der Waals surface area contributed by atoms with Gasteiger partial charge in [-0.05, 0) is 58.6 Å². The third-order valence-electron chi connectivity index (χ3n) is 6.79. The highest BCUT2D eigenvalue weighted by molar-refractivity contribution is 5.93. The van der Waals surface area contributed by atoms with Crippen molar-refractivity contribution >= 4 is 40.2 Å². The van der Waals surface area contributed by atoms with Gasteiger partial charge in [-0.25, -0.2) is 14.6 Å². The molecule has 210 valence electrons. The Morgan fingerprint density at radius 3 is 2.85 bits per heavy atom. The van der Waals surface area contributed by atoms with Crippen LogP contribution < -0.4 is 31.0 Å². The van der Waals surface area contributed by atoms with Crippen LogP contribution in [0.3, 0.4) is 0 Å². The van der Waals surface area contributed by atoms with E-state index in [1.54, 1.807) is 24.5 Å². The van der Waals surface area contributed by atoms with Crippen molar-refractivity contribution in [3.63, 3.8) is 0 Å². The number of nitrogens with zero attached hydrogens (tertiary/aromatic N) is 2. The van der Waals surface area contributed by atoms with Gasteiger partial charge < -0.3 is 36.0 Å². The zero-order valence-corrected chi connectivity index (χ0v) is 22.6. The van der Waals surface area contributed by atoms with E-state index in [-0.39, 0.29) is 17.8 Å². The zero-order valence-electron chi connectivity index (χ0n) is 22.6. The quantitative estimate of drug-likeness (QED) is 0.181. The number of urea groups is 1. The average molecular weight is 540 g/mol. The maximum Gasteiger partial charge on any atom is 0.341 e. The number of aromatic amines is 2. The highest BCUT2D eigenvalue weighted by atomic mass is 16.5. The number of carbonyl (C=O) groups excluding carboxylic acids is 1. The molecule has 1 saturated carbocycles. The molecular weight excluding hydrogens is 500 g/mol. The third kappa shape index (κ3) is 8.04. The molecule has 7 N–H and O–H groups in total. The SMILES string of the molecule is CNCCCN(C)Cc1c[nH]c2[nH+]cnc(Nc3ccc(NC(=O)NC4CCCCC4)c(OCC(=O)O)c3)c12. The van der Waals surface area contributed by atoms with Gasteiger partial charge in [0, 0.05) is 29.9 Å². The van der Waals surface area contributed by atoms with Gasteiger partial charge in [-0.15, -0.1) is 0 Å². The Hall–Kier alpha value is -3.90. The molecule has 2 amide bonds. The van der Waals surface area contributed by atoms with Crippen molar-refractivity contribution in [2.45, 2.75) is 51.1 Å². The predicted molar refractivity (Wildman–Crippen MR) is 149 cm³/mol. The molecule has 2 aromatic heterocycles. The molecule has 0 radical (unpaired) electrons. The topological polar surface area (TPSA) is 158 Å². The lowest BCUT2D eigenvalue weighted by Gasteiger charge is -2.23. The van der Waals surface area contributed by atoms with Gasteiger partial charge in [0.15, 0.2) is 6.61 Å². The normalized spacial score (nSPS) is 13.9. The van der Waals surface area contributed by atoms with E-state index in [1.165, 1.54) is 6.42 Å². The number of ether oxygens (including phenoxy) is 1. The molecule has 1 aliphatic carbocycles. The van der Waals surface area contributed by atoms with E-state index in [2.05, 4.69) is 48.2 Å². The fraction of sp³-hybridized carbons (Fsp3) is 0.481. The largest absolute Gasteiger partial charge is 0.480 e. The van der Waals surface area contributed by atoms with Crippen LogP contribution in [0.4, 0.5) is 22.0 Å². The number of carboxylic acids is 1. The van der Waals surface area contributed by atoms with Crippen molar-refractivity contribution in [3.8, 4) is 5.75 Å². The number of hydrogen-bond acceptors (Lipinski definition) is 7. The number of aliphatic carboxylic acids is 1. The summed E-state index contributed by atoms with van der Waals surface area (Å²) < 4.78 is 5.54. The lowest BCUT2D eigenvalue weighted by Crippen LogP contribution is -2.39. The van der Waals surface area contributed by atoms with Crippen molar-refractivity contribution in [2.75, 3.05) is 44.4 Å². The van der Waals surface area contributed by atoms with Gasteiger partial charge in [0.05, 0.1) is 11.9 Å². The lowest BCUT2D eigenvalue weighted by atomic mass is 9.96. The summed E-state index contributed by atoms with van der Waals surface area (Å²) in [6.07, 6.45) is 9.95. The first-order valence-electron chi connectivity index (χ1n) is 13.5. The number of fused-ring (bicyclic) bond motifs is 1. The molecule has 0 atom stereocenters. The Morgan fingerprint density at radius 1 is 1.26 bits per heavy atom. The number of carboxylic acid groups (broad SMARTS) is 1. The number of rotatable bonds is 13. The van der Waals surface area contributed by atoms with Gasteiger partial charge in [0.1, 0.15) is 11.1 Å². The molecule has 39 heavy (non-hydrogen) atoms. The molecule has 1 fully saturated rings. The second-order valence-corrected chi connectivity index (χ2v) is 9.96. The van der Waals surface area contributed by atoms with Gasteiger partial charge in [-0.3, -0.25) is 4.98 Å². The lowest BCUT2D eigenvalue weighted by molar-refractivity contribution is -0.352. The summed E-state index contributed by atoms with van der Waals surface area (Å²) in [5.74, 6) is -0.217. The Balaban J connectivity index is 1.52. The number of hydrogen-bond donors (Lipinski definition) is 6. The molecule has 1 aromatic carbocycles. The molecule has 4 rings (SSSR count). The van der Waals surface area contributed by atoms with E-state index < -0.39 is 12.6 Å². The van der Waals surface area contributed by atoms with Crippen molar-refractivity contribution in [1.29, 1.82) is 0 Å². The number of aromatic nitrogens is 3. The Bertz CT molecular complexity index is 1260. The first-order valence-corrected chi connectivity index (χ1v) is 13.5. The first kappa shape index (κ1) is 28.1. The van der Waals surface area contributed by atoms with Crippen LogP contribution in [0.2, 0.25) is 0 Å². The van der Waals surface area contributed by atoms with E-state index in [0.29, 0.717) is 17.2 Å². The number of H-pyrrole nitrogens is 2. The van der Waals surface area contributed by atoms with Crippen LogP contribution in [0.5, 0.6) is 5.75 Å². The first-order chi connectivity index (χ1) is 18.9. The molecule has 0 unspecified atom stereocenters. The minimum Gasteiger partial charge on any atom is -0.480 e. The van der Waals surface area contributed by atoms with Crippen LogP contribution in [0.1, 0.15) is 44.1 Å². The van der Waals surface area contributed by atoms with E-state index in [4.69, 9.17) is 9.84 Å². The maximum atomic E-state index is 12.6. The van der Waals surface area contributed by atoms with Crippen LogP contribution in [-0.4, -0.2) is 71.8 Å². The van der Waals surface area contributed by atoms with E-state index in [9.17, 15) is 9.59 Å². The summed E-state index contributed by atoms with van der Waals surface area (Å²) in [6, 6.07) is 4.97. The molecule has 0 spiro atoms. The van der Waals surface area contributed by atoms with Crippen LogP contribution in [0, 0.1) is 0 Å². The number of benzene rings is 1. The van der Waals surface area contributed by atoms with Gasteiger partial charge >= 0.3 is 12.0 Å². The van der Waals surface area contributed by atoms with Crippen molar-refractivity contribution in [3.05, 3.63) is 36.3 Å². The second kappa shape index (κ2) is 13.8. The third-order valence-corrected chi connectivity index (χ3v) is 6.79. The van der Waals surface area contributed by atoms with Crippen LogP contribution in [0.25, 0.3) is 11.0 Å². The number of anilines is 3. The van der Waals surface area contributed by atoms with Crippen LogP contribution in [-0.2, 0) is 11.3 Å². The molecule has 3 aromatic rings. The maximum absolute atomic E-state index is 12.6. The highest BCUT2D eigenvalue weighted by Gasteiger charge is 2.20. The molecule has 0 saturated heterocycles. The summed E-state index contributed by atoms with van der Waals surface area (Å²) in [5, 5.41) is 22.4. The van der Waals surface area contributed by atoms with Crippen LogP contribution in [0.15, 0.2) is 30.7 Å². The smallest absolute Gasteiger partial charge is 0.341 e. The Morgan fingerprint density at radius 2 is 2.08 bits per heavy atom. The fourth-order valence-electron chi connectivity index (χ4n) is 4.88. The van der Waals surface area contributed by atoms with Crippen LogP contribution >= 0.6 is 0 Å². The second-order valence-electron chi connectivity index (χ2n) is 9.96. The molecule has 2 heterocycles. The predicted octanol–water partition coefficient (Wildman–Crippen LogP) is 3.08. The number of amides is 2. The minimum absolute atomic E-state index is 0.143. The number of nitrogens with one attached hydrogen (secondary N) is 6. The van der Waals surface area contributed by atoms with Crippen molar-refractivity contribution < 1.29 is 24.4 Å². The van der Waals surface area contributed by atoms with E-state index >= 15 is 0 Å². The summed E-state index contributed by atoms with van der Waals surface area (Å²) in [5.41, 5.74) is 2.96. The summed E-state index contributed by atoms with van der Waals surface area (Å²) in [7, 11) is 4.04. The number of carbonyl (C=O) groups is 2. The van der Waals surface area contributed by atoms with Gasteiger partial charge in [-0.2, -0.15) is 0 Å². The summed E-state index contributed by atoms with van der Waals surface area (Å²) >= 11 is 0. The Kier molecular flexibility index (Phi) is 9.92. The standard InChI is InChI=1S/C27H38N8O4/c1-28-11-6-12-35(2)15-18-14-29-25-24(18)26(31-17-30-25)32-20-9-10-21(22(13-20)39-16-23(36)37)34-27(38)33-19-7-4-3-5-8-19/h9-10,13-14,17,19,28H,3-8,11-12,15-16H2,1-2H3,(H,36,37)(H2,33,34,38)(H2,29,30,31,32)/p+1. The summed E-state index contributed by atoms with van der Waals surface area (Å²) in [4.78, 5) is 37.1. The zero-order chi connectivity index (χ0) is 27.6. The molecule has 1 aliphatic rings. The monoisotopic (exact) mass is 539 g/mol. The van der Waals surface area contributed by atoms with Crippen molar-refractivity contribution in [2.24, 2.45) is 0 Å². The van der Waals surface area contributed by atoms with E-state index in [0.717, 1.165) is 68.3 Å². The molecular formula is C27H39N8O4+.